The highest BCUT2D eigenvalue weighted by atomic mass is 35.5. The van der Waals surface area contributed by atoms with Crippen LogP contribution in [0.25, 0.3) is 0 Å². The summed E-state index contributed by atoms with van der Waals surface area (Å²) in [5, 5.41) is 3.09. The molecule has 1 unspecified atom stereocenters. The number of halogens is 1. The third-order valence-corrected chi connectivity index (χ3v) is 5.34. The molecule has 1 aromatic heterocycles. The molecule has 0 radical (unpaired) electrons. The SMILES string of the molecule is CC(NC(=O)C1CCC(CN)CC1)c1ccc(Cl)s1. The van der Waals surface area contributed by atoms with E-state index in [0.29, 0.717) is 5.92 Å². The molecule has 1 heterocycles. The molecule has 0 aliphatic heterocycles. The molecule has 0 bridgehead atoms. The Morgan fingerprint density at radius 1 is 1.47 bits per heavy atom. The van der Waals surface area contributed by atoms with E-state index in [1.54, 1.807) is 0 Å². The number of amides is 1. The van der Waals surface area contributed by atoms with Crippen LogP contribution in [-0.2, 0) is 4.79 Å². The van der Waals surface area contributed by atoms with Gasteiger partial charge in [0, 0.05) is 10.8 Å². The summed E-state index contributed by atoms with van der Waals surface area (Å²) < 4.78 is 0.763. The molecule has 1 amide bonds. The summed E-state index contributed by atoms with van der Waals surface area (Å²) in [6.45, 7) is 2.75. The van der Waals surface area contributed by atoms with Crippen molar-refractivity contribution < 1.29 is 4.79 Å². The minimum absolute atomic E-state index is 0.0391. The van der Waals surface area contributed by atoms with Gasteiger partial charge in [-0.15, -0.1) is 11.3 Å². The standard InChI is InChI=1S/C14H21ClN2OS/c1-9(12-6-7-13(15)19-12)17-14(18)11-4-2-10(8-16)3-5-11/h6-7,9-11H,2-5,8,16H2,1H3,(H,17,18). The zero-order valence-corrected chi connectivity index (χ0v) is 12.8. The van der Waals surface area contributed by atoms with Crippen molar-refractivity contribution in [1.29, 1.82) is 0 Å². The van der Waals surface area contributed by atoms with Crippen LogP contribution in [0.4, 0.5) is 0 Å². The van der Waals surface area contributed by atoms with Crippen LogP contribution in [0.1, 0.15) is 43.5 Å². The number of carbonyl (C=O) groups is 1. The monoisotopic (exact) mass is 300 g/mol. The van der Waals surface area contributed by atoms with E-state index >= 15 is 0 Å². The Labute approximate surface area is 123 Å². The minimum Gasteiger partial charge on any atom is -0.349 e. The molecule has 1 aliphatic carbocycles. The van der Waals surface area contributed by atoms with Crippen molar-refractivity contribution >= 4 is 28.8 Å². The highest BCUT2D eigenvalue weighted by Gasteiger charge is 2.26. The van der Waals surface area contributed by atoms with Gasteiger partial charge in [-0.1, -0.05) is 11.6 Å². The summed E-state index contributed by atoms with van der Waals surface area (Å²) >= 11 is 7.44. The van der Waals surface area contributed by atoms with Crippen LogP contribution in [0, 0.1) is 11.8 Å². The number of hydrogen-bond donors (Lipinski definition) is 2. The first kappa shape index (κ1) is 14.8. The third kappa shape index (κ3) is 3.94. The van der Waals surface area contributed by atoms with Crippen molar-refractivity contribution in [2.75, 3.05) is 6.54 Å². The van der Waals surface area contributed by atoms with Gasteiger partial charge in [0.1, 0.15) is 0 Å². The van der Waals surface area contributed by atoms with Crippen LogP contribution in [-0.4, -0.2) is 12.5 Å². The van der Waals surface area contributed by atoms with Crippen LogP contribution in [0.15, 0.2) is 12.1 Å². The lowest BCUT2D eigenvalue weighted by molar-refractivity contribution is -0.126. The van der Waals surface area contributed by atoms with Gasteiger partial charge in [0.15, 0.2) is 0 Å². The van der Waals surface area contributed by atoms with Crippen LogP contribution in [0.5, 0.6) is 0 Å². The maximum absolute atomic E-state index is 12.2. The number of thiophene rings is 1. The third-order valence-electron chi connectivity index (χ3n) is 3.93. The summed E-state index contributed by atoms with van der Waals surface area (Å²) in [6, 6.07) is 3.89. The molecule has 2 rings (SSSR count). The predicted molar refractivity (Wildman–Crippen MR) is 80.4 cm³/mol. The smallest absolute Gasteiger partial charge is 0.223 e. The van der Waals surface area contributed by atoms with Crippen molar-refractivity contribution in [2.45, 2.75) is 38.6 Å². The molecule has 1 atom stereocenters. The summed E-state index contributed by atoms with van der Waals surface area (Å²) in [7, 11) is 0. The lowest BCUT2D eigenvalue weighted by Gasteiger charge is -2.27. The van der Waals surface area contributed by atoms with Crippen molar-refractivity contribution in [1.82, 2.24) is 5.32 Å². The zero-order valence-electron chi connectivity index (χ0n) is 11.2. The van der Waals surface area contributed by atoms with E-state index in [2.05, 4.69) is 5.32 Å². The van der Waals surface area contributed by atoms with E-state index in [1.807, 2.05) is 19.1 Å². The molecule has 0 saturated heterocycles. The van der Waals surface area contributed by atoms with E-state index in [-0.39, 0.29) is 17.9 Å². The second kappa shape index (κ2) is 6.73. The molecule has 19 heavy (non-hydrogen) atoms. The molecular weight excluding hydrogens is 280 g/mol. The molecule has 3 nitrogen and oxygen atoms in total. The van der Waals surface area contributed by atoms with E-state index in [0.717, 1.165) is 41.4 Å². The molecule has 0 aromatic carbocycles. The van der Waals surface area contributed by atoms with E-state index in [1.165, 1.54) is 11.3 Å². The summed E-state index contributed by atoms with van der Waals surface area (Å²) in [4.78, 5) is 13.3. The molecular formula is C14H21ClN2OS. The largest absolute Gasteiger partial charge is 0.349 e. The van der Waals surface area contributed by atoms with Gasteiger partial charge < -0.3 is 11.1 Å². The molecule has 1 aromatic rings. The van der Waals surface area contributed by atoms with E-state index in [4.69, 9.17) is 17.3 Å². The lowest BCUT2D eigenvalue weighted by Crippen LogP contribution is -2.35. The Balaban J connectivity index is 1.84. The number of rotatable bonds is 4. The molecule has 3 N–H and O–H groups in total. The number of nitrogens with one attached hydrogen (secondary N) is 1. The van der Waals surface area contributed by atoms with Crippen LogP contribution in [0.2, 0.25) is 4.34 Å². The second-order valence-corrected chi connectivity index (χ2v) is 7.07. The van der Waals surface area contributed by atoms with Gasteiger partial charge in [0.2, 0.25) is 5.91 Å². The second-order valence-electron chi connectivity index (χ2n) is 5.33. The highest BCUT2D eigenvalue weighted by molar-refractivity contribution is 7.16. The van der Waals surface area contributed by atoms with E-state index in [9.17, 15) is 4.79 Å². The summed E-state index contributed by atoms with van der Waals surface area (Å²) in [5.41, 5.74) is 5.67. The predicted octanol–water partition coefficient (Wildman–Crippen LogP) is 3.34. The van der Waals surface area contributed by atoms with Gasteiger partial charge in [-0.2, -0.15) is 0 Å². The molecule has 1 saturated carbocycles. The fourth-order valence-electron chi connectivity index (χ4n) is 2.62. The first-order valence-corrected chi connectivity index (χ1v) is 8.05. The Kier molecular flexibility index (Phi) is 5.25. The average Bonchev–Trinajstić information content (AvgIpc) is 2.85. The van der Waals surface area contributed by atoms with Crippen LogP contribution >= 0.6 is 22.9 Å². The van der Waals surface area contributed by atoms with Crippen molar-refractivity contribution in [3.05, 3.63) is 21.3 Å². The van der Waals surface area contributed by atoms with Gasteiger partial charge in [-0.3, -0.25) is 4.79 Å². The maximum Gasteiger partial charge on any atom is 0.223 e. The normalized spacial score (nSPS) is 25.0. The quantitative estimate of drug-likeness (QED) is 0.896. The van der Waals surface area contributed by atoms with Gasteiger partial charge >= 0.3 is 0 Å². The zero-order chi connectivity index (χ0) is 13.8. The Hall–Kier alpha value is -0.580. The van der Waals surface area contributed by atoms with Gasteiger partial charge in [-0.05, 0) is 57.2 Å². The van der Waals surface area contributed by atoms with Gasteiger partial charge in [0.05, 0.1) is 10.4 Å². The average molecular weight is 301 g/mol. The molecule has 1 fully saturated rings. The fraction of sp³-hybridized carbons (Fsp3) is 0.643. The van der Waals surface area contributed by atoms with Gasteiger partial charge in [-0.25, -0.2) is 0 Å². The number of carbonyl (C=O) groups excluding carboxylic acids is 1. The Morgan fingerprint density at radius 2 is 2.16 bits per heavy atom. The number of hydrogen-bond acceptors (Lipinski definition) is 3. The van der Waals surface area contributed by atoms with Crippen molar-refractivity contribution in [2.24, 2.45) is 17.6 Å². The summed E-state index contributed by atoms with van der Waals surface area (Å²) in [5.74, 6) is 0.936. The van der Waals surface area contributed by atoms with Crippen LogP contribution < -0.4 is 11.1 Å². The molecule has 0 spiro atoms. The van der Waals surface area contributed by atoms with E-state index < -0.39 is 0 Å². The van der Waals surface area contributed by atoms with Gasteiger partial charge in [0.25, 0.3) is 0 Å². The minimum atomic E-state index is 0.0391. The molecule has 5 heteroatoms. The summed E-state index contributed by atoms with van der Waals surface area (Å²) in [6.07, 6.45) is 4.08. The first-order valence-electron chi connectivity index (χ1n) is 6.85. The molecule has 1 aliphatic rings. The van der Waals surface area contributed by atoms with Crippen LogP contribution in [0.3, 0.4) is 0 Å². The molecule has 106 valence electrons. The van der Waals surface area contributed by atoms with Crippen molar-refractivity contribution in [3.8, 4) is 0 Å². The Bertz CT molecular complexity index is 427. The Morgan fingerprint density at radius 3 is 2.68 bits per heavy atom. The fourth-order valence-corrected chi connectivity index (χ4v) is 3.69. The van der Waals surface area contributed by atoms with Crippen molar-refractivity contribution in [3.63, 3.8) is 0 Å². The lowest BCUT2D eigenvalue weighted by atomic mass is 9.81. The first-order chi connectivity index (χ1) is 9.10. The number of nitrogens with two attached hydrogens (primary N) is 1. The highest BCUT2D eigenvalue weighted by Crippen LogP contribution is 2.30. The maximum atomic E-state index is 12.2. The topological polar surface area (TPSA) is 55.1 Å².